The highest BCUT2D eigenvalue weighted by atomic mass is 32.2. The molecule has 1 fully saturated rings. The second kappa shape index (κ2) is 8.45. The molecule has 1 aliphatic rings. The normalized spacial score (nSPS) is 14.8. The lowest BCUT2D eigenvalue weighted by molar-refractivity contribution is 0.0949. The summed E-state index contributed by atoms with van der Waals surface area (Å²) in [5.74, 6) is 0.533. The van der Waals surface area contributed by atoms with E-state index in [0.29, 0.717) is 18.7 Å². The number of amides is 1. The fraction of sp³-hybridized carbons (Fsp3) is 0.389. The summed E-state index contributed by atoms with van der Waals surface area (Å²) in [6.45, 7) is 2.32. The standard InChI is InChI=1S/C18H23N5O3S/c19-27(25,26)15-6-4-14(5-7-15)8-9-20-18(24)16-12-17(22-13-21-16)23-10-2-1-3-11-23/h4-7,12-13H,1-3,8-11H2,(H,20,24)(H2,19,25,26). The number of anilines is 1. The van der Waals surface area contributed by atoms with E-state index in [1.165, 1.54) is 24.9 Å². The van der Waals surface area contributed by atoms with Gasteiger partial charge in [-0.15, -0.1) is 0 Å². The molecule has 0 unspecified atom stereocenters. The van der Waals surface area contributed by atoms with Crippen LogP contribution in [-0.2, 0) is 16.4 Å². The predicted molar refractivity (Wildman–Crippen MR) is 102 cm³/mol. The molecule has 2 aromatic rings. The third kappa shape index (κ3) is 5.24. The van der Waals surface area contributed by atoms with Gasteiger partial charge in [0.2, 0.25) is 10.0 Å². The van der Waals surface area contributed by atoms with Crippen molar-refractivity contribution in [2.24, 2.45) is 5.14 Å². The maximum Gasteiger partial charge on any atom is 0.270 e. The lowest BCUT2D eigenvalue weighted by atomic mass is 10.1. The molecule has 0 saturated carbocycles. The zero-order chi connectivity index (χ0) is 19.3. The Morgan fingerprint density at radius 2 is 1.81 bits per heavy atom. The van der Waals surface area contributed by atoms with E-state index in [-0.39, 0.29) is 10.8 Å². The van der Waals surface area contributed by atoms with Crippen molar-refractivity contribution in [1.29, 1.82) is 0 Å². The van der Waals surface area contributed by atoms with Crippen molar-refractivity contribution >= 4 is 21.7 Å². The van der Waals surface area contributed by atoms with Crippen LogP contribution in [0.25, 0.3) is 0 Å². The molecule has 0 bridgehead atoms. The van der Waals surface area contributed by atoms with Gasteiger partial charge >= 0.3 is 0 Å². The Hall–Kier alpha value is -2.52. The van der Waals surface area contributed by atoms with E-state index < -0.39 is 10.0 Å². The fourth-order valence-electron chi connectivity index (χ4n) is 3.02. The molecule has 0 aliphatic carbocycles. The Bertz CT molecular complexity index is 893. The Labute approximate surface area is 158 Å². The van der Waals surface area contributed by atoms with E-state index in [2.05, 4.69) is 20.2 Å². The van der Waals surface area contributed by atoms with E-state index in [1.807, 2.05) is 0 Å². The van der Waals surface area contributed by atoms with Crippen LogP contribution >= 0.6 is 0 Å². The molecule has 1 aromatic heterocycles. The summed E-state index contributed by atoms with van der Waals surface area (Å²) in [5.41, 5.74) is 1.24. The van der Waals surface area contributed by atoms with E-state index >= 15 is 0 Å². The summed E-state index contributed by atoms with van der Waals surface area (Å²) in [7, 11) is -3.69. The van der Waals surface area contributed by atoms with Crippen LogP contribution in [-0.4, -0.2) is 43.9 Å². The number of sulfonamides is 1. The summed E-state index contributed by atoms with van der Waals surface area (Å²) in [6, 6.07) is 8.02. The third-order valence-electron chi connectivity index (χ3n) is 4.52. The molecular formula is C18H23N5O3S. The van der Waals surface area contributed by atoms with Gasteiger partial charge in [-0.1, -0.05) is 12.1 Å². The minimum atomic E-state index is -3.69. The van der Waals surface area contributed by atoms with Gasteiger partial charge in [-0.2, -0.15) is 0 Å². The number of nitrogens with one attached hydrogen (secondary N) is 1. The summed E-state index contributed by atoms with van der Waals surface area (Å²) in [4.78, 5) is 22.9. The van der Waals surface area contributed by atoms with Crippen LogP contribution in [0.4, 0.5) is 5.82 Å². The predicted octanol–water partition coefficient (Wildman–Crippen LogP) is 1.09. The Kier molecular flexibility index (Phi) is 6.02. The van der Waals surface area contributed by atoms with Gasteiger partial charge in [0, 0.05) is 25.7 Å². The van der Waals surface area contributed by atoms with Crippen LogP contribution in [0.1, 0.15) is 35.3 Å². The third-order valence-corrected chi connectivity index (χ3v) is 5.45. The van der Waals surface area contributed by atoms with Gasteiger partial charge in [-0.25, -0.2) is 23.5 Å². The van der Waals surface area contributed by atoms with E-state index in [9.17, 15) is 13.2 Å². The van der Waals surface area contributed by atoms with Gasteiger partial charge in [0.1, 0.15) is 17.8 Å². The van der Waals surface area contributed by atoms with Crippen LogP contribution in [0.2, 0.25) is 0 Å². The van der Waals surface area contributed by atoms with Crippen molar-refractivity contribution in [3.8, 4) is 0 Å². The number of rotatable bonds is 6. The molecule has 1 aliphatic heterocycles. The molecule has 3 N–H and O–H groups in total. The van der Waals surface area contributed by atoms with Gasteiger partial charge in [0.15, 0.2) is 0 Å². The summed E-state index contributed by atoms with van der Waals surface area (Å²) >= 11 is 0. The molecule has 0 atom stereocenters. The number of aromatic nitrogens is 2. The maximum atomic E-state index is 12.3. The minimum Gasteiger partial charge on any atom is -0.357 e. The van der Waals surface area contributed by atoms with Crippen LogP contribution in [0.3, 0.4) is 0 Å². The van der Waals surface area contributed by atoms with Crippen molar-refractivity contribution in [2.75, 3.05) is 24.5 Å². The van der Waals surface area contributed by atoms with Crippen LogP contribution in [0.15, 0.2) is 41.6 Å². The lowest BCUT2D eigenvalue weighted by Gasteiger charge is -2.27. The zero-order valence-electron chi connectivity index (χ0n) is 15.0. The molecule has 0 radical (unpaired) electrons. The van der Waals surface area contributed by atoms with Crippen LogP contribution in [0, 0.1) is 0 Å². The average molecular weight is 389 g/mol. The van der Waals surface area contributed by atoms with Gasteiger partial charge in [0.05, 0.1) is 4.90 Å². The highest BCUT2D eigenvalue weighted by Gasteiger charge is 2.15. The molecule has 2 heterocycles. The molecule has 0 spiro atoms. The highest BCUT2D eigenvalue weighted by molar-refractivity contribution is 7.89. The first kappa shape index (κ1) is 19.2. The lowest BCUT2D eigenvalue weighted by Crippen LogP contribution is -2.31. The van der Waals surface area contributed by atoms with E-state index in [0.717, 1.165) is 37.3 Å². The Balaban J connectivity index is 1.55. The highest BCUT2D eigenvalue weighted by Crippen LogP contribution is 2.17. The molecule has 27 heavy (non-hydrogen) atoms. The first-order chi connectivity index (χ1) is 12.9. The van der Waals surface area contributed by atoms with Gasteiger partial charge in [0.25, 0.3) is 5.91 Å². The number of piperidine rings is 1. The van der Waals surface area contributed by atoms with Crippen molar-refractivity contribution in [2.45, 2.75) is 30.6 Å². The zero-order valence-corrected chi connectivity index (χ0v) is 15.8. The summed E-state index contributed by atoms with van der Waals surface area (Å²) in [6.07, 6.45) is 5.49. The van der Waals surface area contributed by atoms with E-state index in [1.54, 1.807) is 18.2 Å². The fourth-order valence-corrected chi connectivity index (χ4v) is 3.54. The van der Waals surface area contributed by atoms with Crippen molar-refractivity contribution in [3.63, 3.8) is 0 Å². The number of primary sulfonamides is 1. The Morgan fingerprint density at radius 3 is 2.48 bits per heavy atom. The molecule has 1 saturated heterocycles. The maximum absolute atomic E-state index is 12.3. The summed E-state index contributed by atoms with van der Waals surface area (Å²) < 4.78 is 22.5. The molecule has 8 nitrogen and oxygen atoms in total. The quantitative estimate of drug-likeness (QED) is 0.763. The van der Waals surface area contributed by atoms with Crippen molar-refractivity contribution in [3.05, 3.63) is 47.9 Å². The first-order valence-corrected chi connectivity index (χ1v) is 10.4. The minimum absolute atomic E-state index is 0.0708. The molecule has 9 heteroatoms. The second-order valence-electron chi connectivity index (χ2n) is 6.50. The van der Waals surface area contributed by atoms with Crippen molar-refractivity contribution < 1.29 is 13.2 Å². The van der Waals surface area contributed by atoms with E-state index in [4.69, 9.17) is 5.14 Å². The largest absolute Gasteiger partial charge is 0.357 e. The van der Waals surface area contributed by atoms with Gasteiger partial charge in [-0.3, -0.25) is 4.79 Å². The number of benzene rings is 1. The SMILES string of the molecule is NS(=O)(=O)c1ccc(CCNC(=O)c2cc(N3CCCCC3)ncn2)cc1. The number of hydrogen-bond acceptors (Lipinski definition) is 6. The smallest absolute Gasteiger partial charge is 0.270 e. The number of hydrogen-bond donors (Lipinski definition) is 2. The topological polar surface area (TPSA) is 118 Å². The van der Waals surface area contributed by atoms with Crippen LogP contribution < -0.4 is 15.4 Å². The number of nitrogens with two attached hydrogens (primary N) is 1. The summed E-state index contributed by atoms with van der Waals surface area (Å²) in [5, 5.41) is 7.91. The van der Waals surface area contributed by atoms with Gasteiger partial charge in [-0.05, 0) is 43.4 Å². The number of carbonyl (C=O) groups excluding carboxylic acids is 1. The van der Waals surface area contributed by atoms with Crippen LogP contribution in [0.5, 0.6) is 0 Å². The molecule has 1 amide bonds. The molecule has 144 valence electrons. The second-order valence-corrected chi connectivity index (χ2v) is 8.07. The molecule has 1 aromatic carbocycles. The molecule has 3 rings (SSSR count). The number of carbonyl (C=O) groups is 1. The average Bonchev–Trinajstić information content (AvgIpc) is 2.68. The first-order valence-electron chi connectivity index (χ1n) is 8.90. The molecular weight excluding hydrogens is 366 g/mol. The Morgan fingerprint density at radius 1 is 1.11 bits per heavy atom. The number of nitrogens with zero attached hydrogens (tertiary/aromatic N) is 3. The monoisotopic (exact) mass is 389 g/mol. The van der Waals surface area contributed by atoms with Gasteiger partial charge < -0.3 is 10.2 Å². The van der Waals surface area contributed by atoms with Crippen molar-refractivity contribution in [1.82, 2.24) is 15.3 Å².